The number of hydrogen-bond acceptors (Lipinski definition) is 2. The Bertz CT molecular complexity index is 845. The van der Waals surface area contributed by atoms with Crippen molar-refractivity contribution < 1.29 is 10.6 Å². The van der Waals surface area contributed by atoms with E-state index in [0.29, 0.717) is 12.6 Å². The summed E-state index contributed by atoms with van der Waals surface area (Å²) in [5, 5.41) is 6.69. The fourth-order valence-electron chi connectivity index (χ4n) is 4.80. The van der Waals surface area contributed by atoms with Gasteiger partial charge in [0.2, 0.25) is 0 Å². The van der Waals surface area contributed by atoms with Crippen LogP contribution in [-0.2, 0) is 6.42 Å². The molecule has 1 heterocycles. The van der Waals surface area contributed by atoms with E-state index in [1.54, 1.807) is 12.1 Å². The van der Waals surface area contributed by atoms with Crippen molar-refractivity contribution in [1.82, 2.24) is 15.5 Å². The minimum Gasteiger partial charge on any atom is -0.335 e. The monoisotopic (exact) mass is 397 g/mol. The average Bonchev–Trinajstić information content (AvgIpc) is 2.98. The first-order valence-electron chi connectivity index (χ1n) is 10.7. The van der Waals surface area contributed by atoms with Crippen LogP contribution < -0.4 is 10.6 Å². The van der Waals surface area contributed by atoms with Crippen molar-refractivity contribution in [1.29, 1.82) is 0 Å². The van der Waals surface area contributed by atoms with Crippen LogP contribution in [0.3, 0.4) is 0 Å². The van der Waals surface area contributed by atoms with Gasteiger partial charge in [0.1, 0.15) is 5.82 Å². The lowest BCUT2D eigenvalue weighted by molar-refractivity contribution is 0.174. The predicted molar refractivity (Wildman–Crippen MR) is 115 cm³/mol. The molecule has 2 amide bonds. The molecule has 29 heavy (non-hydrogen) atoms. The maximum absolute atomic E-state index is 13.5. The summed E-state index contributed by atoms with van der Waals surface area (Å²) in [6, 6.07) is 15.3. The number of nitrogens with one attached hydrogen (secondary N) is 2. The Morgan fingerprint density at radius 1 is 1.07 bits per heavy atom. The number of carbonyl (C=O) groups is 1. The lowest BCUT2D eigenvalue weighted by atomic mass is 9.88. The Balaban J connectivity index is 0.00000256. The van der Waals surface area contributed by atoms with Crippen molar-refractivity contribution in [2.75, 3.05) is 13.6 Å². The van der Waals surface area contributed by atoms with Gasteiger partial charge in [-0.3, -0.25) is 0 Å². The summed E-state index contributed by atoms with van der Waals surface area (Å²) in [4.78, 5) is 15.3. The maximum Gasteiger partial charge on any atom is 0.318 e. The molecule has 4 nitrogen and oxygen atoms in total. The van der Waals surface area contributed by atoms with E-state index in [1.165, 1.54) is 24.1 Å². The smallest absolute Gasteiger partial charge is 0.318 e. The summed E-state index contributed by atoms with van der Waals surface area (Å²) >= 11 is 0. The number of nitrogens with zero attached hydrogens (tertiary/aromatic N) is 1. The van der Waals surface area contributed by atoms with Gasteiger partial charge in [0.05, 0.1) is 6.04 Å². The molecule has 1 saturated carbocycles. The first-order chi connectivity index (χ1) is 14.2. The molecule has 0 saturated heterocycles. The lowest BCUT2D eigenvalue weighted by Gasteiger charge is -2.38. The molecule has 2 aliphatic rings. The molecule has 0 bridgehead atoms. The number of fused-ring (bicyclic) bond motifs is 1. The topological polar surface area (TPSA) is 44.4 Å². The summed E-state index contributed by atoms with van der Waals surface area (Å²) in [5.41, 5.74) is 3.34. The average molecular weight is 398 g/mol. The van der Waals surface area contributed by atoms with Crippen LogP contribution in [0.1, 0.15) is 56.3 Å². The van der Waals surface area contributed by atoms with Crippen LogP contribution in [0.4, 0.5) is 9.18 Å². The summed E-state index contributed by atoms with van der Waals surface area (Å²) in [6.45, 7) is 0.660. The molecule has 2 aromatic carbocycles. The number of halogens is 1. The van der Waals surface area contributed by atoms with Crippen molar-refractivity contribution in [3.63, 3.8) is 0 Å². The highest BCUT2D eigenvalue weighted by molar-refractivity contribution is 5.76. The molecule has 0 radical (unpaired) electrons. The number of carbonyl (C=O) groups excluding carboxylic acids is 1. The SMILES string of the molecule is CN[C@H]1CCCC[C@H](NC(=O)N2CCc3ccccc3[C@@H]2c2ccc(F)cc2)C1.[HH]. The van der Waals surface area contributed by atoms with Crippen molar-refractivity contribution in [3.05, 3.63) is 71.0 Å². The number of benzene rings is 2. The van der Waals surface area contributed by atoms with E-state index in [9.17, 15) is 9.18 Å². The van der Waals surface area contributed by atoms with Crippen molar-refractivity contribution in [2.24, 2.45) is 0 Å². The van der Waals surface area contributed by atoms with E-state index < -0.39 is 0 Å². The largest absolute Gasteiger partial charge is 0.335 e. The van der Waals surface area contributed by atoms with Crippen LogP contribution >= 0.6 is 0 Å². The highest BCUT2D eigenvalue weighted by Crippen LogP contribution is 2.35. The highest BCUT2D eigenvalue weighted by Gasteiger charge is 2.33. The van der Waals surface area contributed by atoms with Crippen LogP contribution in [0.15, 0.2) is 48.5 Å². The second-order valence-corrected chi connectivity index (χ2v) is 8.25. The van der Waals surface area contributed by atoms with Crippen LogP contribution in [-0.4, -0.2) is 36.6 Å². The third-order valence-corrected chi connectivity index (χ3v) is 6.39. The fraction of sp³-hybridized carbons (Fsp3) is 0.458. The molecule has 0 spiro atoms. The summed E-state index contributed by atoms with van der Waals surface area (Å²) < 4.78 is 13.5. The van der Waals surface area contributed by atoms with Gasteiger partial charge in [-0.05, 0) is 61.6 Å². The number of urea groups is 1. The predicted octanol–water partition coefficient (Wildman–Crippen LogP) is 4.65. The molecule has 4 rings (SSSR count). The Labute approximate surface area is 174 Å². The molecule has 156 valence electrons. The van der Waals surface area contributed by atoms with Gasteiger partial charge in [-0.15, -0.1) is 0 Å². The van der Waals surface area contributed by atoms with E-state index in [-0.39, 0.29) is 25.4 Å². The molecule has 1 fully saturated rings. The van der Waals surface area contributed by atoms with E-state index in [0.717, 1.165) is 43.2 Å². The van der Waals surface area contributed by atoms with Gasteiger partial charge in [-0.2, -0.15) is 0 Å². The number of hydrogen-bond donors (Lipinski definition) is 2. The minimum atomic E-state index is -0.259. The third kappa shape index (κ3) is 4.45. The van der Waals surface area contributed by atoms with Crippen molar-refractivity contribution in [2.45, 2.75) is 56.7 Å². The summed E-state index contributed by atoms with van der Waals surface area (Å²) in [5.74, 6) is -0.259. The van der Waals surface area contributed by atoms with Gasteiger partial charge in [-0.25, -0.2) is 9.18 Å². The molecule has 2 N–H and O–H groups in total. The van der Waals surface area contributed by atoms with Crippen LogP contribution in [0.5, 0.6) is 0 Å². The van der Waals surface area contributed by atoms with Gasteiger partial charge in [0.25, 0.3) is 0 Å². The van der Waals surface area contributed by atoms with E-state index in [4.69, 9.17) is 0 Å². The Hall–Kier alpha value is -2.40. The highest BCUT2D eigenvalue weighted by atomic mass is 19.1. The zero-order valence-electron chi connectivity index (χ0n) is 17.0. The molecule has 3 atom stereocenters. The quantitative estimate of drug-likeness (QED) is 0.741. The lowest BCUT2D eigenvalue weighted by Crippen LogP contribution is -2.50. The van der Waals surface area contributed by atoms with Crippen LogP contribution in [0.25, 0.3) is 0 Å². The van der Waals surface area contributed by atoms with Gasteiger partial charge < -0.3 is 15.5 Å². The van der Waals surface area contributed by atoms with Crippen LogP contribution in [0.2, 0.25) is 0 Å². The Kier molecular flexibility index (Phi) is 6.14. The molecule has 2 aromatic rings. The zero-order valence-corrected chi connectivity index (χ0v) is 17.0. The first kappa shape index (κ1) is 19.9. The molecule has 0 aromatic heterocycles. The molecular weight excluding hydrogens is 365 g/mol. The van der Waals surface area contributed by atoms with Gasteiger partial charge in [0.15, 0.2) is 0 Å². The summed E-state index contributed by atoms with van der Waals surface area (Å²) in [7, 11) is 2.00. The second kappa shape index (κ2) is 8.95. The van der Waals surface area contributed by atoms with E-state index in [1.807, 2.05) is 24.1 Å². The standard InChI is InChI=1S/C24H30FN3O.H2/c1-26-20-7-3-4-8-21(16-20)27-24(29)28-15-14-17-6-2-5-9-22(17)23(28)18-10-12-19(25)13-11-18;/h2,5-6,9-13,20-21,23,26H,3-4,7-8,14-16H2,1H3,(H,27,29);1H/t20-,21-,23-;/m0./s1. The zero-order chi connectivity index (χ0) is 20.2. The molecule has 1 aliphatic carbocycles. The second-order valence-electron chi connectivity index (χ2n) is 8.25. The van der Waals surface area contributed by atoms with Gasteiger partial charge >= 0.3 is 6.03 Å². The first-order valence-corrected chi connectivity index (χ1v) is 10.7. The van der Waals surface area contributed by atoms with Crippen LogP contribution in [0, 0.1) is 5.82 Å². The molecule has 0 unspecified atom stereocenters. The van der Waals surface area contributed by atoms with Crippen molar-refractivity contribution in [3.8, 4) is 0 Å². The number of amides is 2. The van der Waals surface area contributed by atoms with Gasteiger partial charge in [0, 0.05) is 20.1 Å². The number of rotatable bonds is 3. The Morgan fingerprint density at radius 3 is 2.55 bits per heavy atom. The maximum atomic E-state index is 13.5. The minimum absolute atomic E-state index is 0. The molecular formula is C24H32FN3O. The van der Waals surface area contributed by atoms with E-state index in [2.05, 4.69) is 22.8 Å². The van der Waals surface area contributed by atoms with E-state index >= 15 is 0 Å². The third-order valence-electron chi connectivity index (χ3n) is 6.39. The normalized spacial score (nSPS) is 24.5. The molecule has 5 heteroatoms. The fourth-order valence-corrected chi connectivity index (χ4v) is 4.80. The van der Waals surface area contributed by atoms with Crippen molar-refractivity contribution >= 4 is 6.03 Å². The Morgan fingerprint density at radius 2 is 1.79 bits per heavy atom. The molecule has 1 aliphatic heterocycles. The van der Waals surface area contributed by atoms with Gasteiger partial charge in [-0.1, -0.05) is 49.2 Å². The summed E-state index contributed by atoms with van der Waals surface area (Å²) in [6.07, 6.45) is 6.34.